The molecule has 0 aliphatic heterocycles. The number of ether oxygens (including phenoxy) is 1. The molecule has 0 unspecified atom stereocenters. The zero-order valence-corrected chi connectivity index (χ0v) is 7.72. The van der Waals surface area contributed by atoms with Crippen LogP contribution < -0.4 is 0 Å². The van der Waals surface area contributed by atoms with Gasteiger partial charge in [-0.3, -0.25) is 0 Å². The second-order valence-corrected chi connectivity index (χ2v) is 2.35. The van der Waals surface area contributed by atoms with Crippen LogP contribution in [0.1, 0.15) is 13.8 Å². The van der Waals surface area contributed by atoms with E-state index in [0.717, 1.165) is 5.57 Å². The standard InChI is InChI=1S/C10H13NO/c1-5-9(7-11)6-10(12-4)8(2)3/h5-6H,2H2,1,3-4H3/b9-5+,10-6+. The first-order valence-corrected chi connectivity index (χ1v) is 3.63. The maximum Gasteiger partial charge on any atom is 0.122 e. The molecule has 0 saturated heterocycles. The van der Waals surface area contributed by atoms with E-state index < -0.39 is 0 Å². The van der Waals surface area contributed by atoms with Crippen LogP contribution in [0.25, 0.3) is 0 Å². The lowest BCUT2D eigenvalue weighted by Crippen LogP contribution is -1.88. The molecule has 0 aromatic carbocycles. The van der Waals surface area contributed by atoms with Gasteiger partial charge in [0.15, 0.2) is 0 Å². The van der Waals surface area contributed by atoms with Crippen LogP contribution in [-0.4, -0.2) is 7.11 Å². The van der Waals surface area contributed by atoms with E-state index in [-0.39, 0.29) is 0 Å². The third kappa shape index (κ3) is 3.07. The predicted molar refractivity (Wildman–Crippen MR) is 49.3 cm³/mol. The van der Waals surface area contributed by atoms with E-state index in [4.69, 9.17) is 10.00 Å². The SMILES string of the molecule is C=C(C)/C(=C\C(C#N)=C/C)OC. The second kappa shape index (κ2) is 5.20. The van der Waals surface area contributed by atoms with E-state index in [1.54, 1.807) is 26.2 Å². The molecular formula is C10H13NO. The number of hydrogen-bond donors (Lipinski definition) is 0. The van der Waals surface area contributed by atoms with Crippen molar-refractivity contribution in [1.29, 1.82) is 5.26 Å². The molecule has 0 aliphatic rings. The minimum Gasteiger partial charge on any atom is -0.496 e. The van der Waals surface area contributed by atoms with Gasteiger partial charge in [0.2, 0.25) is 0 Å². The Bertz CT molecular complexity index is 266. The molecule has 0 amide bonds. The molecule has 0 saturated carbocycles. The maximum atomic E-state index is 8.60. The Labute approximate surface area is 73.5 Å². The average molecular weight is 163 g/mol. The van der Waals surface area contributed by atoms with Crippen LogP contribution >= 0.6 is 0 Å². The summed E-state index contributed by atoms with van der Waals surface area (Å²) in [5, 5.41) is 8.60. The fraction of sp³-hybridized carbons (Fsp3) is 0.300. The highest BCUT2D eigenvalue weighted by Gasteiger charge is 1.97. The summed E-state index contributed by atoms with van der Waals surface area (Å²) in [5.74, 6) is 0.643. The number of methoxy groups -OCH3 is 1. The van der Waals surface area contributed by atoms with Gasteiger partial charge in [-0.25, -0.2) is 0 Å². The molecule has 0 N–H and O–H groups in total. The lowest BCUT2D eigenvalue weighted by Gasteiger charge is -2.03. The van der Waals surface area contributed by atoms with E-state index in [0.29, 0.717) is 11.3 Å². The highest BCUT2D eigenvalue weighted by atomic mass is 16.5. The number of rotatable bonds is 3. The van der Waals surface area contributed by atoms with Gasteiger partial charge in [0.25, 0.3) is 0 Å². The molecule has 2 heteroatoms. The number of nitriles is 1. The van der Waals surface area contributed by atoms with Crippen molar-refractivity contribution < 1.29 is 4.74 Å². The van der Waals surface area contributed by atoms with Crippen molar-refractivity contribution in [2.45, 2.75) is 13.8 Å². The maximum absolute atomic E-state index is 8.60. The van der Waals surface area contributed by atoms with Crippen molar-refractivity contribution in [2.24, 2.45) is 0 Å². The van der Waals surface area contributed by atoms with Crippen molar-refractivity contribution in [2.75, 3.05) is 7.11 Å². The third-order valence-corrected chi connectivity index (χ3v) is 1.37. The molecule has 0 aromatic heterocycles. The second-order valence-electron chi connectivity index (χ2n) is 2.35. The van der Waals surface area contributed by atoms with Gasteiger partial charge >= 0.3 is 0 Å². The Hall–Kier alpha value is -1.49. The van der Waals surface area contributed by atoms with Gasteiger partial charge in [0.1, 0.15) is 5.76 Å². The Morgan fingerprint density at radius 2 is 2.17 bits per heavy atom. The first kappa shape index (κ1) is 10.5. The third-order valence-electron chi connectivity index (χ3n) is 1.37. The fourth-order valence-electron chi connectivity index (χ4n) is 0.678. The molecule has 0 heterocycles. The molecule has 0 atom stereocenters. The number of allylic oxidation sites excluding steroid dienone is 4. The van der Waals surface area contributed by atoms with Gasteiger partial charge in [-0.2, -0.15) is 5.26 Å². The predicted octanol–water partition coefficient (Wildman–Crippen LogP) is 2.56. The number of nitrogens with zero attached hydrogens (tertiary/aromatic N) is 1. The Morgan fingerprint density at radius 3 is 2.42 bits per heavy atom. The molecule has 0 rings (SSSR count). The van der Waals surface area contributed by atoms with E-state index in [1.807, 2.05) is 13.0 Å². The van der Waals surface area contributed by atoms with Crippen molar-refractivity contribution in [3.63, 3.8) is 0 Å². The molecule has 2 nitrogen and oxygen atoms in total. The Morgan fingerprint density at radius 1 is 1.58 bits per heavy atom. The normalized spacial score (nSPS) is 12.2. The molecule has 0 radical (unpaired) electrons. The molecule has 0 aromatic rings. The van der Waals surface area contributed by atoms with Crippen LogP contribution in [0, 0.1) is 11.3 Å². The van der Waals surface area contributed by atoms with Gasteiger partial charge in [-0.05, 0) is 25.5 Å². The van der Waals surface area contributed by atoms with E-state index >= 15 is 0 Å². The molecule has 0 fully saturated rings. The van der Waals surface area contributed by atoms with Gasteiger partial charge in [-0.1, -0.05) is 12.7 Å². The minimum absolute atomic E-state index is 0.579. The summed E-state index contributed by atoms with van der Waals surface area (Å²) in [6.07, 6.45) is 3.39. The summed E-state index contributed by atoms with van der Waals surface area (Å²) in [6.45, 7) is 7.36. The number of hydrogen-bond acceptors (Lipinski definition) is 2. The van der Waals surface area contributed by atoms with Crippen molar-refractivity contribution in [3.05, 3.63) is 35.6 Å². The highest BCUT2D eigenvalue weighted by molar-refractivity contribution is 5.38. The van der Waals surface area contributed by atoms with Crippen LogP contribution in [0.5, 0.6) is 0 Å². The van der Waals surface area contributed by atoms with E-state index in [2.05, 4.69) is 6.58 Å². The zero-order chi connectivity index (χ0) is 9.56. The van der Waals surface area contributed by atoms with E-state index in [9.17, 15) is 0 Å². The van der Waals surface area contributed by atoms with Crippen LogP contribution in [0.4, 0.5) is 0 Å². The topological polar surface area (TPSA) is 33.0 Å². The quantitative estimate of drug-likeness (QED) is 0.364. The van der Waals surface area contributed by atoms with Crippen molar-refractivity contribution >= 4 is 0 Å². The average Bonchev–Trinajstić information content (AvgIpc) is 2.06. The lowest BCUT2D eigenvalue weighted by molar-refractivity contribution is 0.301. The molecule has 12 heavy (non-hydrogen) atoms. The Balaban J connectivity index is 4.73. The summed E-state index contributed by atoms with van der Waals surface area (Å²) in [5.41, 5.74) is 1.39. The smallest absolute Gasteiger partial charge is 0.122 e. The fourth-order valence-corrected chi connectivity index (χ4v) is 0.678. The first-order valence-electron chi connectivity index (χ1n) is 3.63. The molecule has 0 bridgehead atoms. The Kier molecular flexibility index (Phi) is 4.55. The summed E-state index contributed by atoms with van der Waals surface area (Å²) in [6, 6.07) is 2.04. The molecule has 64 valence electrons. The summed E-state index contributed by atoms with van der Waals surface area (Å²) < 4.78 is 5.02. The van der Waals surface area contributed by atoms with Crippen LogP contribution in [0.3, 0.4) is 0 Å². The molecule has 0 aliphatic carbocycles. The van der Waals surface area contributed by atoms with Gasteiger partial charge in [0.05, 0.1) is 18.8 Å². The summed E-state index contributed by atoms with van der Waals surface area (Å²) in [4.78, 5) is 0. The first-order chi connectivity index (χ1) is 5.65. The molecular weight excluding hydrogens is 150 g/mol. The van der Waals surface area contributed by atoms with Crippen LogP contribution in [0.15, 0.2) is 35.6 Å². The van der Waals surface area contributed by atoms with Gasteiger partial charge < -0.3 is 4.74 Å². The van der Waals surface area contributed by atoms with Gasteiger partial charge in [0, 0.05) is 0 Å². The highest BCUT2D eigenvalue weighted by Crippen LogP contribution is 2.10. The van der Waals surface area contributed by atoms with Crippen LogP contribution in [-0.2, 0) is 4.74 Å². The zero-order valence-electron chi connectivity index (χ0n) is 7.72. The van der Waals surface area contributed by atoms with Gasteiger partial charge in [-0.15, -0.1) is 0 Å². The largest absolute Gasteiger partial charge is 0.496 e. The summed E-state index contributed by atoms with van der Waals surface area (Å²) in [7, 11) is 1.56. The summed E-state index contributed by atoms with van der Waals surface area (Å²) >= 11 is 0. The minimum atomic E-state index is 0.579. The molecule has 0 spiro atoms. The van der Waals surface area contributed by atoms with Crippen LogP contribution in [0.2, 0.25) is 0 Å². The van der Waals surface area contributed by atoms with Crippen molar-refractivity contribution in [1.82, 2.24) is 0 Å². The lowest BCUT2D eigenvalue weighted by atomic mass is 10.2. The monoisotopic (exact) mass is 163 g/mol. The van der Waals surface area contributed by atoms with Crippen molar-refractivity contribution in [3.8, 4) is 6.07 Å². The van der Waals surface area contributed by atoms with E-state index in [1.165, 1.54) is 0 Å².